The minimum absolute atomic E-state index is 0.305. The van der Waals surface area contributed by atoms with Crippen molar-refractivity contribution in [3.63, 3.8) is 0 Å². The monoisotopic (exact) mass is 355 g/mol. The Morgan fingerprint density at radius 2 is 2.15 bits per heavy atom. The number of aryl methyl sites for hydroxylation is 1. The van der Waals surface area contributed by atoms with E-state index in [0.717, 1.165) is 11.3 Å². The number of likely N-dealkylation sites (tertiary alicyclic amines) is 1. The average Bonchev–Trinajstić information content (AvgIpc) is 3.10. The smallest absolute Gasteiger partial charge is 0.326 e. The quantitative estimate of drug-likeness (QED) is 0.853. The molecule has 0 spiro atoms. The summed E-state index contributed by atoms with van der Waals surface area (Å²) >= 11 is 0. The number of amides is 1. The summed E-state index contributed by atoms with van der Waals surface area (Å²) in [5.41, 5.74) is 7.75. The molecule has 1 amide bonds. The van der Waals surface area contributed by atoms with E-state index in [0.29, 0.717) is 43.1 Å². The van der Waals surface area contributed by atoms with Gasteiger partial charge in [0, 0.05) is 30.4 Å². The molecule has 1 fully saturated rings. The lowest BCUT2D eigenvalue weighted by Crippen LogP contribution is -2.40. The van der Waals surface area contributed by atoms with Gasteiger partial charge in [-0.05, 0) is 49.6 Å². The highest BCUT2D eigenvalue weighted by atomic mass is 16.5. The Hall–Kier alpha value is -2.93. The highest BCUT2D eigenvalue weighted by Gasteiger charge is 2.34. The van der Waals surface area contributed by atoms with Crippen molar-refractivity contribution in [2.24, 2.45) is 5.73 Å². The fourth-order valence-corrected chi connectivity index (χ4v) is 3.12. The third-order valence-corrected chi connectivity index (χ3v) is 4.33. The molecule has 1 aliphatic rings. The van der Waals surface area contributed by atoms with Crippen LogP contribution in [0.3, 0.4) is 0 Å². The van der Waals surface area contributed by atoms with Crippen LogP contribution in [0.25, 0.3) is 0 Å². The van der Waals surface area contributed by atoms with Gasteiger partial charge in [0.2, 0.25) is 5.88 Å². The molecule has 7 heteroatoms. The topological polar surface area (TPSA) is 106 Å². The van der Waals surface area contributed by atoms with Crippen LogP contribution in [0, 0.1) is 6.92 Å². The number of aromatic nitrogens is 1. The Bertz CT molecular complexity index is 837. The molecule has 0 aliphatic carbocycles. The molecule has 1 atom stereocenters. The Morgan fingerprint density at radius 3 is 2.88 bits per heavy atom. The largest absolute Gasteiger partial charge is 0.480 e. The lowest BCUT2D eigenvalue weighted by molar-refractivity contribution is -0.141. The van der Waals surface area contributed by atoms with Crippen molar-refractivity contribution in [1.82, 2.24) is 9.88 Å². The summed E-state index contributed by atoms with van der Waals surface area (Å²) in [7, 11) is 0. The number of pyridine rings is 1. The van der Waals surface area contributed by atoms with Gasteiger partial charge in [0.15, 0.2) is 0 Å². The molecule has 1 saturated heterocycles. The Balaban J connectivity index is 1.81. The van der Waals surface area contributed by atoms with E-state index >= 15 is 0 Å². The van der Waals surface area contributed by atoms with Crippen molar-refractivity contribution >= 4 is 11.9 Å². The van der Waals surface area contributed by atoms with Gasteiger partial charge in [-0.1, -0.05) is 6.07 Å². The number of hydrogen-bond acceptors (Lipinski definition) is 5. The van der Waals surface area contributed by atoms with Crippen LogP contribution in [0.1, 0.15) is 34.5 Å². The third kappa shape index (κ3) is 3.83. The number of carbonyl (C=O) groups is 2. The van der Waals surface area contributed by atoms with Gasteiger partial charge in [0.05, 0.1) is 0 Å². The number of nitrogens with zero attached hydrogens (tertiary/aromatic N) is 2. The van der Waals surface area contributed by atoms with Gasteiger partial charge < -0.3 is 20.5 Å². The molecule has 0 unspecified atom stereocenters. The second-order valence-electron chi connectivity index (χ2n) is 6.28. The van der Waals surface area contributed by atoms with Gasteiger partial charge in [-0.3, -0.25) is 4.79 Å². The molecule has 0 bridgehead atoms. The summed E-state index contributed by atoms with van der Waals surface area (Å²) in [6.07, 6.45) is 1.17. The van der Waals surface area contributed by atoms with Gasteiger partial charge >= 0.3 is 5.97 Å². The fraction of sp³-hybridized carbons (Fsp3) is 0.316. The van der Waals surface area contributed by atoms with E-state index in [1.807, 2.05) is 13.0 Å². The Kier molecular flexibility index (Phi) is 5.18. The number of nitrogens with two attached hydrogens (primary N) is 1. The van der Waals surface area contributed by atoms with E-state index in [2.05, 4.69) is 4.98 Å². The Morgan fingerprint density at radius 1 is 1.35 bits per heavy atom. The highest BCUT2D eigenvalue weighted by molar-refractivity contribution is 5.97. The number of rotatable bonds is 5. The van der Waals surface area contributed by atoms with Gasteiger partial charge in [0.1, 0.15) is 11.8 Å². The first-order chi connectivity index (χ1) is 12.5. The van der Waals surface area contributed by atoms with E-state index in [4.69, 9.17) is 10.5 Å². The zero-order valence-corrected chi connectivity index (χ0v) is 14.5. The van der Waals surface area contributed by atoms with Crippen LogP contribution in [0.15, 0.2) is 36.4 Å². The van der Waals surface area contributed by atoms with Crippen molar-refractivity contribution in [3.8, 4) is 11.6 Å². The average molecular weight is 355 g/mol. The first-order valence-electron chi connectivity index (χ1n) is 8.47. The maximum absolute atomic E-state index is 12.7. The summed E-state index contributed by atoms with van der Waals surface area (Å²) < 4.78 is 5.78. The predicted molar refractivity (Wildman–Crippen MR) is 95.1 cm³/mol. The van der Waals surface area contributed by atoms with Crippen molar-refractivity contribution in [2.75, 3.05) is 6.54 Å². The van der Waals surface area contributed by atoms with Crippen LogP contribution < -0.4 is 10.5 Å². The van der Waals surface area contributed by atoms with Crippen molar-refractivity contribution in [2.45, 2.75) is 32.4 Å². The number of carboxylic acids is 1. The lowest BCUT2D eigenvalue weighted by atomic mass is 10.1. The molecular weight excluding hydrogens is 334 g/mol. The van der Waals surface area contributed by atoms with Crippen molar-refractivity contribution < 1.29 is 19.4 Å². The van der Waals surface area contributed by atoms with Crippen LogP contribution in [0.5, 0.6) is 11.6 Å². The molecule has 3 N–H and O–H groups in total. The van der Waals surface area contributed by atoms with Crippen LogP contribution in [0.4, 0.5) is 0 Å². The number of carboxylic acid groups (broad SMARTS) is 1. The Labute approximate surface area is 151 Å². The van der Waals surface area contributed by atoms with E-state index in [1.165, 1.54) is 4.90 Å². The number of aliphatic carboxylic acids is 1. The predicted octanol–water partition coefficient (Wildman–Crippen LogP) is 2.33. The van der Waals surface area contributed by atoms with Gasteiger partial charge in [-0.15, -0.1) is 0 Å². The van der Waals surface area contributed by atoms with Crippen LogP contribution in [-0.2, 0) is 11.3 Å². The zero-order valence-electron chi connectivity index (χ0n) is 14.5. The molecule has 26 heavy (non-hydrogen) atoms. The molecule has 7 nitrogen and oxygen atoms in total. The number of benzene rings is 1. The highest BCUT2D eigenvalue weighted by Crippen LogP contribution is 2.25. The van der Waals surface area contributed by atoms with Crippen molar-refractivity contribution in [1.29, 1.82) is 0 Å². The first kappa shape index (κ1) is 17.9. The standard InChI is InChI=1S/C19H21N3O4/c1-12-8-13(11-20)9-17(21-12)26-15-5-2-4-14(10-15)18(23)22-7-3-6-16(22)19(24)25/h2,4-5,8-10,16H,3,6-7,11,20H2,1H3,(H,24,25)/t16-/m1/s1. The van der Waals surface area contributed by atoms with Gasteiger partial charge in [-0.2, -0.15) is 0 Å². The van der Waals surface area contributed by atoms with Gasteiger partial charge in [-0.25, -0.2) is 9.78 Å². The molecule has 0 radical (unpaired) electrons. The number of carbonyl (C=O) groups excluding carboxylic acids is 1. The SMILES string of the molecule is Cc1cc(CN)cc(Oc2cccc(C(=O)N3CCC[C@@H]3C(=O)O)c2)n1. The van der Waals surface area contributed by atoms with E-state index in [-0.39, 0.29) is 5.91 Å². The van der Waals surface area contributed by atoms with Crippen LogP contribution >= 0.6 is 0 Å². The molecule has 3 rings (SSSR count). The molecule has 136 valence electrons. The summed E-state index contributed by atoms with van der Waals surface area (Å²) in [4.78, 5) is 29.7. The minimum Gasteiger partial charge on any atom is -0.480 e. The molecule has 0 saturated carbocycles. The summed E-state index contributed by atoms with van der Waals surface area (Å²) in [6, 6.07) is 9.55. The molecule has 2 aromatic rings. The zero-order chi connectivity index (χ0) is 18.7. The fourth-order valence-electron chi connectivity index (χ4n) is 3.12. The van der Waals surface area contributed by atoms with E-state index in [1.54, 1.807) is 30.3 Å². The molecule has 1 aliphatic heterocycles. The summed E-state index contributed by atoms with van der Waals surface area (Å²) in [5, 5.41) is 9.27. The maximum atomic E-state index is 12.7. The lowest BCUT2D eigenvalue weighted by Gasteiger charge is -2.21. The molecular formula is C19H21N3O4. The number of ether oxygens (including phenoxy) is 1. The van der Waals surface area contributed by atoms with Crippen LogP contribution in [0.2, 0.25) is 0 Å². The van der Waals surface area contributed by atoms with E-state index in [9.17, 15) is 14.7 Å². The maximum Gasteiger partial charge on any atom is 0.326 e. The molecule has 2 heterocycles. The normalized spacial score (nSPS) is 16.5. The number of hydrogen-bond donors (Lipinski definition) is 2. The molecule has 1 aromatic heterocycles. The minimum atomic E-state index is -0.971. The second kappa shape index (κ2) is 7.53. The van der Waals surface area contributed by atoms with Crippen molar-refractivity contribution in [3.05, 3.63) is 53.2 Å². The first-order valence-corrected chi connectivity index (χ1v) is 8.47. The summed E-state index contributed by atoms with van der Waals surface area (Å²) in [6.45, 7) is 2.68. The molecule has 1 aromatic carbocycles. The third-order valence-electron chi connectivity index (χ3n) is 4.33. The summed E-state index contributed by atoms with van der Waals surface area (Å²) in [5.74, 6) is -0.413. The second-order valence-corrected chi connectivity index (χ2v) is 6.28. The van der Waals surface area contributed by atoms with Crippen LogP contribution in [-0.4, -0.2) is 39.5 Å². The van der Waals surface area contributed by atoms with Gasteiger partial charge in [0.25, 0.3) is 5.91 Å². The van der Waals surface area contributed by atoms with E-state index < -0.39 is 12.0 Å².